The van der Waals surface area contributed by atoms with Crippen molar-refractivity contribution in [2.45, 2.75) is 38.3 Å². The molecule has 2 aliphatic heterocycles. The molecule has 2 N–H and O–H groups in total. The smallest absolute Gasteiger partial charge is 0.327 e. The molecule has 2 aromatic carbocycles. The van der Waals surface area contributed by atoms with Crippen LogP contribution in [-0.4, -0.2) is 57.6 Å². The van der Waals surface area contributed by atoms with Crippen LogP contribution in [0.1, 0.15) is 24.5 Å². The van der Waals surface area contributed by atoms with Crippen LogP contribution < -0.4 is 9.80 Å². The van der Waals surface area contributed by atoms with Crippen molar-refractivity contribution in [3.05, 3.63) is 59.7 Å². The van der Waals surface area contributed by atoms with Crippen molar-refractivity contribution in [1.29, 1.82) is 0 Å². The summed E-state index contributed by atoms with van der Waals surface area (Å²) in [6, 6.07) is 13.1. The van der Waals surface area contributed by atoms with E-state index in [1.54, 1.807) is 19.1 Å². The first-order valence-corrected chi connectivity index (χ1v) is 12.5. The number of carboxylic acids is 2. The van der Waals surface area contributed by atoms with Crippen molar-refractivity contribution in [3.8, 4) is 0 Å². The summed E-state index contributed by atoms with van der Waals surface area (Å²) >= 11 is 8.11. The zero-order valence-electron chi connectivity index (χ0n) is 19.2. The third kappa shape index (κ3) is 5.65. The lowest BCUT2D eigenvalue weighted by atomic mass is 10.1. The van der Waals surface area contributed by atoms with E-state index in [4.69, 9.17) is 5.11 Å². The molecule has 10 heteroatoms. The summed E-state index contributed by atoms with van der Waals surface area (Å²) in [7, 11) is 0. The third-order valence-electron chi connectivity index (χ3n) is 6.05. The van der Waals surface area contributed by atoms with E-state index >= 15 is 0 Å². The highest BCUT2D eigenvalue weighted by Gasteiger charge is 2.39. The minimum atomic E-state index is -0.967. The maximum atomic E-state index is 12.3. The molecular weight excluding hydrogens is 488 g/mol. The van der Waals surface area contributed by atoms with Crippen LogP contribution in [-0.2, 0) is 32.0 Å². The van der Waals surface area contributed by atoms with Gasteiger partial charge in [-0.25, -0.2) is 9.59 Å². The van der Waals surface area contributed by atoms with E-state index in [1.165, 1.54) is 9.80 Å². The van der Waals surface area contributed by atoms with Gasteiger partial charge < -0.3 is 10.2 Å². The van der Waals surface area contributed by atoms with Crippen molar-refractivity contribution < 1.29 is 29.4 Å². The van der Waals surface area contributed by atoms with E-state index in [0.717, 1.165) is 11.1 Å². The molecule has 0 saturated carbocycles. The van der Waals surface area contributed by atoms with Gasteiger partial charge in [0.1, 0.15) is 12.1 Å². The average Bonchev–Trinajstić information content (AvgIpc) is 3.43. The number of anilines is 2. The van der Waals surface area contributed by atoms with Crippen LogP contribution in [0.5, 0.6) is 0 Å². The van der Waals surface area contributed by atoms with Gasteiger partial charge in [0.25, 0.3) is 0 Å². The number of hydrogen-bond donors (Lipinski definition) is 4. The van der Waals surface area contributed by atoms with Crippen LogP contribution in [0.25, 0.3) is 0 Å². The Kier molecular flexibility index (Phi) is 8.85. The van der Waals surface area contributed by atoms with Crippen molar-refractivity contribution in [3.63, 3.8) is 0 Å². The number of para-hydroxylation sites is 2. The lowest BCUT2D eigenvalue weighted by molar-refractivity contribution is -0.140. The largest absolute Gasteiger partial charge is 0.480 e. The van der Waals surface area contributed by atoms with Gasteiger partial charge in [0.15, 0.2) is 0 Å². The van der Waals surface area contributed by atoms with Gasteiger partial charge in [-0.3, -0.25) is 19.4 Å². The van der Waals surface area contributed by atoms with Gasteiger partial charge in [-0.1, -0.05) is 43.3 Å². The molecule has 3 unspecified atom stereocenters. The van der Waals surface area contributed by atoms with Gasteiger partial charge in [-0.05, 0) is 29.0 Å². The van der Waals surface area contributed by atoms with Gasteiger partial charge in [0.05, 0.1) is 0 Å². The highest BCUT2D eigenvalue weighted by molar-refractivity contribution is 7.80. The molecule has 0 fully saturated rings. The van der Waals surface area contributed by atoms with Crippen LogP contribution in [0.4, 0.5) is 11.4 Å². The Morgan fingerprint density at radius 2 is 1.31 bits per heavy atom. The average molecular weight is 517 g/mol. The summed E-state index contributed by atoms with van der Waals surface area (Å²) in [5.41, 5.74) is 3.24. The number of fused-ring (bicyclic) bond motifs is 2. The number of carbonyl (C=O) groups is 4. The summed E-state index contributed by atoms with van der Waals surface area (Å²) in [5, 5.41) is 18.4. The standard InChI is InChI=1S/C13H15NO3S.C12H13NO3S/c1-8(7-18)12(15)14-10-5-3-2-4-9(10)6-11(14)13(16)17;14-11(5-6-17)13-9-4-2-1-3-8(9)7-10(13)12(15)16/h2-5,8,11,18H,6-7H2,1H3,(H,16,17);1-4,10,17H,5-7H2,(H,15,16). The molecule has 2 aromatic rings. The number of hydrogen-bond acceptors (Lipinski definition) is 6. The predicted molar refractivity (Wildman–Crippen MR) is 140 cm³/mol. The molecule has 3 atom stereocenters. The molecule has 0 aliphatic carbocycles. The fourth-order valence-electron chi connectivity index (χ4n) is 4.28. The Labute approximate surface area is 214 Å². The number of carbonyl (C=O) groups excluding carboxylic acids is 2. The molecule has 0 spiro atoms. The Bertz CT molecular complexity index is 1120. The number of benzene rings is 2. The second-order valence-corrected chi connectivity index (χ2v) is 9.22. The molecule has 0 bridgehead atoms. The van der Waals surface area contributed by atoms with E-state index in [-0.39, 0.29) is 24.2 Å². The molecule has 0 aromatic heterocycles. The Balaban J connectivity index is 0.000000196. The molecule has 35 heavy (non-hydrogen) atoms. The summed E-state index contributed by atoms with van der Waals surface area (Å²) in [4.78, 5) is 49.4. The van der Waals surface area contributed by atoms with E-state index < -0.39 is 24.0 Å². The number of nitrogens with zero attached hydrogens (tertiary/aromatic N) is 2. The summed E-state index contributed by atoms with van der Waals surface area (Å²) in [6.45, 7) is 1.76. The van der Waals surface area contributed by atoms with E-state index in [1.807, 2.05) is 36.4 Å². The van der Waals surface area contributed by atoms with Crippen molar-refractivity contribution in [1.82, 2.24) is 0 Å². The summed E-state index contributed by atoms with van der Waals surface area (Å²) < 4.78 is 0. The topological polar surface area (TPSA) is 115 Å². The quantitative estimate of drug-likeness (QED) is 0.439. The second kappa shape index (κ2) is 11.6. The first-order valence-electron chi connectivity index (χ1n) is 11.2. The fourth-order valence-corrected chi connectivity index (χ4v) is 4.63. The van der Waals surface area contributed by atoms with E-state index in [2.05, 4.69) is 25.3 Å². The molecule has 4 rings (SSSR count). The first-order chi connectivity index (χ1) is 16.7. The number of rotatable bonds is 6. The van der Waals surface area contributed by atoms with Crippen molar-refractivity contribution in [2.24, 2.45) is 5.92 Å². The zero-order valence-corrected chi connectivity index (χ0v) is 21.0. The van der Waals surface area contributed by atoms with Gasteiger partial charge in [0.2, 0.25) is 11.8 Å². The number of aliphatic carboxylic acids is 2. The monoisotopic (exact) mass is 516 g/mol. The maximum absolute atomic E-state index is 12.3. The van der Waals surface area contributed by atoms with Crippen molar-refractivity contribution >= 4 is 60.4 Å². The van der Waals surface area contributed by atoms with E-state index in [0.29, 0.717) is 35.7 Å². The number of thiol groups is 2. The minimum Gasteiger partial charge on any atom is -0.480 e. The maximum Gasteiger partial charge on any atom is 0.327 e. The lowest BCUT2D eigenvalue weighted by Gasteiger charge is -2.25. The molecule has 2 amide bonds. The number of amides is 2. The Morgan fingerprint density at radius 1 is 0.857 bits per heavy atom. The Hall–Kier alpha value is -2.98. The van der Waals surface area contributed by atoms with Crippen LogP contribution >= 0.6 is 25.3 Å². The summed E-state index contributed by atoms with van der Waals surface area (Å²) in [5.74, 6) is -1.76. The third-order valence-corrected chi connectivity index (χ3v) is 6.82. The SMILES string of the molecule is CC(CS)C(=O)N1c2ccccc2CC1C(=O)O.O=C(O)C1Cc2ccccc2N1C(=O)CCS. The normalized spacial score (nSPS) is 18.7. The first kappa shape index (κ1) is 26.6. The van der Waals surface area contributed by atoms with Gasteiger partial charge >= 0.3 is 11.9 Å². The zero-order chi connectivity index (χ0) is 25.7. The molecular formula is C25H28N2O6S2. The van der Waals surface area contributed by atoms with E-state index in [9.17, 15) is 24.3 Å². The molecule has 8 nitrogen and oxygen atoms in total. The molecule has 2 aliphatic rings. The van der Waals surface area contributed by atoms with Gasteiger partial charge in [-0.2, -0.15) is 25.3 Å². The van der Waals surface area contributed by atoms with Gasteiger partial charge in [0, 0.05) is 42.3 Å². The van der Waals surface area contributed by atoms with Crippen LogP contribution in [0.3, 0.4) is 0 Å². The second-order valence-electron chi connectivity index (χ2n) is 8.40. The van der Waals surface area contributed by atoms with Crippen LogP contribution in [0, 0.1) is 5.92 Å². The molecule has 186 valence electrons. The molecule has 2 heterocycles. The predicted octanol–water partition coefficient (Wildman–Crippen LogP) is 2.94. The van der Waals surface area contributed by atoms with Crippen molar-refractivity contribution in [2.75, 3.05) is 21.3 Å². The summed E-state index contributed by atoms with van der Waals surface area (Å²) in [6.07, 6.45) is 1.00. The molecule has 0 saturated heterocycles. The highest BCUT2D eigenvalue weighted by atomic mass is 32.1. The Morgan fingerprint density at radius 3 is 1.77 bits per heavy atom. The van der Waals surface area contributed by atoms with Gasteiger partial charge in [-0.15, -0.1) is 0 Å². The number of carboxylic acid groups (broad SMARTS) is 2. The lowest BCUT2D eigenvalue weighted by Crippen LogP contribution is -2.45. The molecule has 0 radical (unpaired) electrons. The van der Waals surface area contributed by atoms with Crippen LogP contribution in [0.2, 0.25) is 0 Å². The highest BCUT2D eigenvalue weighted by Crippen LogP contribution is 2.34. The minimum absolute atomic E-state index is 0.178. The fraction of sp³-hybridized carbons (Fsp3) is 0.360. The van der Waals surface area contributed by atoms with Crippen LogP contribution in [0.15, 0.2) is 48.5 Å².